The maximum absolute atomic E-state index is 14.4. The zero-order chi connectivity index (χ0) is 14.0. The summed E-state index contributed by atoms with van der Waals surface area (Å²) in [6.45, 7) is 2.25. The minimum Gasteiger partial charge on any atom is -0.312 e. The van der Waals surface area contributed by atoms with E-state index >= 15 is 0 Å². The first-order chi connectivity index (χ1) is 8.99. The number of nitrogens with one attached hydrogen (secondary N) is 1. The number of rotatable bonds is 3. The summed E-state index contributed by atoms with van der Waals surface area (Å²) < 4.78 is 15.0. The average molecular weight is 349 g/mol. The van der Waals surface area contributed by atoms with Gasteiger partial charge in [0.05, 0.1) is 5.02 Å². The third-order valence-electron chi connectivity index (χ3n) is 4.36. The van der Waals surface area contributed by atoms with Crippen LogP contribution in [-0.4, -0.2) is 7.05 Å². The van der Waals surface area contributed by atoms with Gasteiger partial charge in [0.25, 0.3) is 0 Å². The van der Waals surface area contributed by atoms with Crippen molar-refractivity contribution < 1.29 is 4.39 Å². The number of halogens is 3. The van der Waals surface area contributed by atoms with Crippen molar-refractivity contribution in [2.24, 2.45) is 5.41 Å². The summed E-state index contributed by atoms with van der Waals surface area (Å²) in [5.74, 6) is -0.304. The van der Waals surface area contributed by atoms with Crippen LogP contribution >= 0.6 is 27.5 Å². The third kappa shape index (κ3) is 2.98. The maximum atomic E-state index is 14.4. The molecule has 1 aliphatic carbocycles. The molecular formula is C15H20BrClFN. The van der Waals surface area contributed by atoms with E-state index in [1.165, 1.54) is 19.3 Å². The Bertz CT molecular complexity index is 458. The Morgan fingerprint density at radius 2 is 1.95 bits per heavy atom. The molecule has 0 aromatic heterocycles. The summed E-state index contributed by atoms with van der Waals surface area (Å²) in [4.78, 5) is 0. The monoisotopic (exact) mass is 347 g/mol. The van der Waals surface area contributed by atoms with Gasteiger partial charge < -0.3 is 5.32 Å². The van der Waals surface area contributed by atoms with Gasteiger partial charge in [-0.2, -0.15) is 0 Å². The highest BCUT2D eigenvalue weighted by molar-refractivity contribution is 9.10. The van der Waals surface area contributed by atoms with Crippen molar-refractivity contribution in [1.29, 1.82) is 0 Å². The Hall–Kier alpha value is -0.120. The van der Waals surface area contributed by atoms with Gasteiger partial charge in [0.2, 0.25) is 0 Å². The van der Waals surface area contributed by atoms with E-state index in [0.717, 1.165) is 12.8 Å². The van der Waals surface area contributed by atoms with E-state index in [1.807, 2.05) is 19.2 Å². The van der Waals surface area contributed by atoms with E-state index < -0.39 is 0 Å². The van der Waals surface area contributed by atoms with E-state index in [4.69, 9.17) is 11.6 Å². The lowest BCUT2D eigenvalue weighted by molar-refractivity contribution is 0.148. The minimum atomic E-state index is -0.304. The second-order valence-electron chi connectivity index (χ2n) is 5.70. The molecular weight excluding hydrogens is 329 g/mol. The van der Waals surface area contributed by atoms with Crippen LogP contribution in [0.3, 0.4) is 0 Å². The predicted molar refractivity (Wildman–Crippen MR) is 82.1 cm³/mol. The molecule has 1 nitrogen and oxygen atoms in total. The van der Waals surface area contributed by atoms with E-state index in [-0.39, 0.29) is 22.3 Å². The van der Waals surface area contributed by atoms with E-state index in [9.17, 15) is 4.39 Å². The van der Waals surface area contributed by atoms with Crippen molar-refractivity contribution in [1.82, 2.24) is 5.32 Å². The highest BCUT2D eigenvalue weighted by atomic mass is 79.9. The number of hydrogen-bond donors (Lipinski definition) is 1. The molecule has 1 unspecified atom stereocenters. The fourth-order valence-electron chi connectivity index (χ4n) is 3.29. The summed E-state index contributed by atoms with van der Waals surface area (Å²) in [6.07, 6.45) is 5.99. The quantitative estimate of drug-likeness (QED) is 0.714. The van der Waals surface area contributed by atoms with Crippen LogP contribution in [0.25, 0.3) is 0 Å². The van der Waals surface area contributed by atoms with Gasteiger partial charge in [-0.05, 0) is 47.3 Å². The number of benzene rings is 1. The van der Waals surface area contributed by atoms with Crippen molar-refractivity contribution >= 4 is 27.5 Å². The summed E-state index contributed by atoms with van der Waals surface area (Å²) >= 11 is 9.29. The third-order valence-corrected chi connectivity index (χ3v) is 5.62. The van der Waals surface area contributed by atoms with Gasteiger partial charge in [-0.25, -0.2) is 4.39 Å². The fourth-order valence-corrected chi connectivity index (χ4v) is 3.77. The largest absolute Gasteiger partial charge is 0.312 e. The van der Waals surface area contributed by atoms with Crippen LogP contribution in [0.15, 0.2) is 16.6 Å². The van der Waals surface area contributed by atoms with Gasteiger partial charge in [-0.3, -0.25) is 0 Å². The molecule has 1 atom stereocenters. The topological polar surface area (TPSA) is 12.0 Å². The minimum absolute atomic E-state index is 0.0124. The Morgan fingerprint density at radius 3 is 2.53 bits per heavy atom. The SMILES string of the molecule is CNC(c1ccc(Br)c(Cl)c1F)C1(C)CCCCC1. The Balaban J connectivity index is 2.39. The average Bonchev–Trinajstić information content (AvgIpc) is 2.40. The summed E-state index contributed by atoms with van der Waals surface area (Å²) in [6, 6.07) is 3.68. The van der Waals surface area contributed by atoms with Crippen LogP contribution in [0.4, 0.5) is 4.39 Å². The first-order valence-electron chi connectivity index (χ1n) is 6.80. The van der Waals surface area contributed by atoms with Crippen LogP contribution in [0.1, 0.15) is 50.6 Å². The molecule has 1 aliphatic rings. The molecule has 1 aromatic rings. The van der Waals surface area contributed by atoms with Gasteiger partial charge in [-0.15, -0.1) is 0 Å². The second-order valence-corrected chi connectivity index (χ2v) is 6.93. The molecule has 106 valence electrons. The van der Waals surface area contributed by atoms with Crippen LogP contribution in [-0.2, 0) is 0 Å². The van der Waals surface area contributed by atoms with Crippen LogP contribution < -0.4 is 5.32 Å². The molecule has 19 heavy (non-hydrogen) atoms. The van der Waals surface area contributed by atoms with Crippen molar-refractivity contribution in [2.45, 2.75) is 45.1 Å². The van der Waals surface area contributed by atoms with Crippen LogP contribution in [0.5, 0.6) is 0 Å². The Morgan fingerprint density at radius 1 is 1.32 bits per heavy atom. The summed E-state index contributed by atoms with van der Waals surface area (Å²) in [5.41, 5.74) is 0.783. The van der Waals surface area contributed by atoms with Crippen molar-refractivity contribution in [3.8, 4) is 0 Å². The van der Waals surface area contributed by atoms with Crippen molar-refractivity contribution in [2.75, 3.05) is 7.05 Å². The normalized spacial score (nSPS) is 20.3. The molecule has 0 amide bonds. The van der Waals surface area contributed by atoms with E-state index in [1.54, 1.807) is 0 Å². The highest BCUT2D eigenvalue weighted by Gasteiger charge is 2.37. The van der Waals surface area contributed by atoms with Crippen molar-refractivity contribution in [3.05, 3.63) is 33.0 Å². The molecule has 1 aromatic carbocycles. The maximum Gasteiger partial charge on any atom is 0.147 e. The molecule has 1 saturated carbocycles. The zero-order valence-corrected chi connectivity index (χ0v) is 13.7. The molecule has 0 bridgehead atoms. The van der Waals surface area contributed by atoms with Crippen molar-refractivity contribution in [3.63, 3.8) is 0 Å². The predicted octanol–water partition coefficient (Wildman–Crippen LogP) is 5.47. The first kappa shape index (κ1) is 15.3. The van der Waals surface area contributed by atoms with Crippen LogP contribution in [0.2, 0.25) is 5.02 Å². The van der Waals surface area contributed by atoms with Gasteiger partial charge in [-0.1, -0.05) is 43.9 Å². The first-order valence-corrected chi connectivity index (χ1v) is 7.97. The highest BCUT2D eigenvalue weighted by Crippen LogP contribution is 2.47. The Kier molecular flexibility index (Phi) is 4.91. The van der Waals surface area contributed by atoms with Gasteiger partial charge in [0.15, 0.2) is 0 Å². The van der Waals surface area contributed by atoms with Gasteiger partial charge >= 0.3 is 0 Å². The number of hydrogen-bond acceptors (Lipinski definition) is 1. The van der Waals surface area contributed by atoms with Gasteiger partial charge in [0.1, 0.15) is 5.82 Å². The smallest absolute Gasteiger partial charge is 0.147 e. The molecule has 0 radical (unpaired) electrons. The fraction of sp³-hybridized carbons (Fsp3) is 0.600. The zero-order valence-electron chi connectivity index (χ0n) is 11.4. The lowest BCUT2D eigenvalue weighted by atomic mass is 9.68. The Labute approximate surface area is 128 Å². The molecule has 0 spiro atoms. The lowest BCUT2D eigenvalue weighted by Gasteiger charge is -2.41. The molecule has 1 N–H and O–H groups in total. The molecule has 0 heterocycles. The standard InChI is InChI=1S/C15H20BrClFN/c1-15(8-4-3-5-9-15)14(19-2)10-6-7-11(16)12(17)13(10)18/h6-7,14,19H,3-5,8-9H2,1-2H3. The lowest BCUT2D eigenvalue weighted by Crippen LogP contribution is -2.36. The summed E-state index contributed by atoms with van der Waals surface area (Å²) in [5, 5.41) is 3.48. The molecule has 2 rings (SSSR count). The summed E-state index contributed by atoms with van der Waals surface area (Å²) in [7, 11) is 1.90. The molecule has 0 saturated heterocycles. The molecule has 4 heteroatoms. The second kappa shape index (κ2) is 6.11. The van der Waals surface area contributed by atoms with Gasteiger partial charge in [0, 0.05) is 16.1 Å². The van der Waals surface area contributed by atoms with Crippen LogP contribution in [0, 0.1) is 11.2 Å². The van der Waals surface area contributed by atoms with E-state index in [0.29, 0.717) is 10.0 Å². The molecule has 1 fully saturated rings. The van der Waals surface area contributed by atoms with E-state index in [2.05, 4.69) is 28.2 Å². The molecule has 0 aliphatic heterocycles.